The molecule has 4 aromatic carbocycles. The minimum atomic E-state index is -3.15. The summed E-state index contributed by atoms with van der Waals surface area (Å²) < 4.78 is 17.6. The van der Waals surface area contributed by atoms with Crippen LogP contribution in [0, 0.1) is 0 Å². The molecule has 1 aliphatic heterocycles. The van der Waals surface area contributed by atoms with E-state index >= 15 is 0 Å². The van der Waals surface area contributed by atoms with E-state index in [1.165, 1.54) is 7.11 Å². The minimum Gasteiger partial charge on any atom is -0.468 e. The molecular formula is C25H22NO4PS. The predicted molar refractivity (Wildman–Crippen MR) is 131 cm³/mol. The third kappa shape index (κ3) is 3.75. The normalized spacial score (nSPS) is 15.4. The summed E-state index contributed by atoms with van der Waals surface area (Å²) in [5.41, 5.74) is 2.09. The zero-order valence-corrected chi connectivity index (χ0v) is 19.4. The Morgan fingerprint density at radius 2 is 1.41 bits per heavy atom. The Labute approximate surface area is 191 Å². The van der Waals surface area contributed by atoms with Gasteiger partial charge in [0.05, 0.1) is 7.11 Å². The van der Waals surface area contributed by atoms with Crippen molar-refractivity contribution in [2.75, 3.05) is 7.11 Å². The second-order valence-corrected chi connectivity index (χ2v) is 10.8. The van der Waals surface area contributed by atoms with Crippen molar-refractivity contribution >= 4 is 46.0 Å². The maximum Gasteiger partial charge on any atom is 0.366 e. The predicted octanol–water partition coefficient (Wildman–Crippen LogP) is 5.73. The summed E-state index contributed by atoms with van der Waals surface area (Å²) in [5, 5.41) is 7.56. The highest BCUT2D eigenvalue weighted by Crippen LogP contribution is 2.51. The number of methoxy groups -OCH3 is 1. The van der Waals surface area contributed by atoms with Crippen molar-refractivity contribution in [1.29, 1.82) is 0 Å². The molecule has 0 bridgehead atoms. The van der Waals surface area contributed by atoms with Crippen molar-refractivity contribution in [3.05, 3.63) is 83.9 Å². The van der Waals surface area contributed by atoms with Gasteiger partial charge in [-0.25, -0.2) is 5.09 Å². The summed E-state index contributed by atoms with van der Waals surface area (Å²) in [5.74, 6) is 0.895. The number of fused-ring (bicyclic) bond motifs is 6. The van der Waals surface area contributed by atoms with Gasteiger partial charge in [-0.3, -0.25) is 4.79 Å². The molecule has 0 spiro atoms. The van der Waals surface area contributed by atoms with E-state index < -0.39 is 18.7 Å². The SMILES string of the molecule is COC(=O)[C@H](C)NP1(=S)Oc2ccc3ccccc3c2Cc2c(ccc3ccccc23)O1. The Hall–Kier alpha value is -2.92. The number of rotatable bonds is 3. The summed E-state index contributed by atoms with van der Waals surface area (Å²) in [7, 11) is 1.34. The fourth-order valence-electron chi connectivity index (χ4n) is 4.14. The van der Waals surface area contributed by atoms with Crippen LogP contribution in [0.25, 0.3) is 21.5 Å². The molecule has 0 aliphatic carbocycles. The molecule has 1 N–H and O–H groups in total. The first kappa shape index (κ1) is 21.0. The van der Waals surface area contributed by atoms with Crippen molar-refractivity contribution in [2.24, 2.45) is 0 Å². The maximum absolute atomic E-state index is 12.1. The van der Waals surface area contributed by atoms with E-state index in [0.717, 1.165) is 32.7 Å². The average Bonchev–Trinajstić information content (AvgIpc) is 2.79. The summed E-state index contributed by atoms with van der Waals surface area (Å²) in [4.78, 5) is 12.1. The third-order valence-corrected chi connectivity index (χ3v) is 8.03. The van der Waals surface area contributed by atoms with Crippen molar-refractivity contribution in [2.45, 2.75) is 19.4 Å². The lowest BCUT2D eigenvalue weighted by Crippen LogP contribution is -2.35. The first-order valence-electron chi connectivity index (χ1n) is 10.3. The molecule has 0 amide bonds. The summed E-state index contributed by atoms with van der Waals surface area (Å²) in [6, 6.07) is 23.7. The van der Waals surface area contributed by atoms with Gasteiger partial charge >= 0.3 is 12.6 Å². The number of nitrogens with one attached hydrogen (secondary N) is 1. The summed E-state index contributed by atoms with van der Waals surface area (Å²) >= 11 is 5.89. The molecule has 0 unspecified atom stereocenters. The van der Waals surface area contributed by atoms with Gasteiger partial charge in [0, 0.05) is 29.4 Å². The van der Waals surface area contributed by atoms with Crippen LogP contribution in [0.4, 0.5) is 0 Å². The highest BCUT2D eigenvalue weighted by atomic mass is 32.5. The maximum atomic E-state index is 12.1. The molecule has 5 rings (SSSR count). The molecule has 0 saturated carbocycles. The zero-order valence-electron chi connectivity index (χ0n) is 17.7. The number of hydrogen-bond donors (Lipinski definition) is 1. The van der Waals surface area contributed by atoms with Crippen molar-refractivity contribution in [3.63, 3.8) is 0 Å². The van der Waals surface area contributed by atoms with Gasteiger partial charge in [-0.05, 0) is 40.6 Å². The van der Waals surface area contributed by atoms with E-state index in [0.29, 0.717) is 17.9 Å². The molecule has 4 aromatic rings. The first-order chi connectivity index (χ1) is 15.5. The van der Waals surface area contributed by atoms with Crippen LogP contribution in [-0.4, -0.2) is 19.1 Å². The van der Waals surface area contributed by atoms with E-state index in [-0.39, 0.29) is 0 Å². The molecule has 0 radical (unpaired) electrons. The Bertz CT molecular complexity index is 1310. The van der Waals surface area contributed by atoms with Gasteiger partial charge in [-0.15, -0.1) is 0 Å². The van der Waals surface area contributed by atoms with Gasteiger partial charge in [0.1, 0.15) is 17.5 Å². The number of carbonyl (C=O) groups excluding carboxylic acids is 1. The van der Waals surface area contributed by atoms with Gasteiger partial charge in [0.25, 0.3) is 0 Å². The fourth-order valence-corrected chi connectivity index (χ4v) is 6.68. The van der Waals surface area contributed by atoms with E-state index in [4.69, 9.17) is 25.6 Å². The van der Waals surface area contributed by atoms with Crippen molar-refractivity contribution < 1.29 is 18.6 Å². The summed E-state index contributed by atoms with van der Waals surface area (Å²) in [6.07, 6.45) is 0.634. The topological polar surface area (TPSA) is 56.8 Å². The Morgan fingerprint density at radius 3 is 1.91 bits per heavy atom. The van der Waals surface area contributed by atoms with E-state index in [2.05, 4.69) is 29.4 Å². The van der Waals surface area contributed by atoms with Crippen molar-refractivity contribution in [3.8, 4) is 11.5 Å². The quantitative estimate of drug-likeness (QED) is 0.309. The number of ether oxygens (including phenoxy) is 1. The second-order valence-electron chi connectivity index (χ2n) is 7.76. The Kier molecular flexibility index (Phi) is 5.38. The van der Waals surface area contributed by atoms with Gasteiger partial charge in [0.15, 0.2) is 0 Å². The highest BCUT2D eigenvalue weighted by molar-refractivity contribution is 8.09. The fraction of sp³-hybridized carbons (Fsp3) is 0.160. The van der Waals surface area contributed by atoms with Crippen LogP contribution < -0.4 is 14.1 Å². The molecule has 1 atom stereocenters. The largest absolute Gasteiger partial charge is 0.468 e. The highest BCUT2D eigenvalue weighted by Gasteiger charge is 2.32. The average molecular weight is 463 g/mol. The van der Waals surface area contributed by atoms with Crippen LogP contribution in [0.5, 0.6) is 11.5 Å². The molecule has 0 aromatic heterocycles. The van der Waals surface area contributed by atoms with Gasteiger partial charge < -0.3 is 13.8 Å². The molecule has 0 saturated heterocycles. The molecule has 32 heavy (non-hydrogen) atoms. The summed E-state index contributed by atoms with van der Waals surface area (Å²) in [6.45, 7) is -1.46. The molecule has 1 aliphatic rings. The number of esters is 1. The van der Waals surface area contributed by atoms with Crippen LogP contribution in [0.1, 0.15) is 18.1 Å². The smallest absolute Gasteiger partial charge is 0.366 e. The standard InChI is InChI=1S/C25H22NO4PS/c1-16(25(27)28-2)26-31(32)29-23-13-11-17-7-3-5-9-19(17)21(23)15-22-20-10-6-4-8-18(20)12-14-24(22)30-31/h3-14,16H,15H2,1-2H3,(H,26,32)/t16-/m0/s1. The second kappa shape index (κ2) is 8.21. The van der Waals surface area contributed by atoms with E-state index in [1.807, 2.05) is 48.5 Å². The molecule has 7 heteroatoms. The molecule has 1 heterocycles. The lowest BCUT2D eigenvalue weighted by Gasteiger charge is -2.31. The van der Waals surface area contributed by atoms with Gasteiger partial charge in [0.2, 0.25) is 0 Å². The van der Waals surface area contributed by atoms with Crippen LogP contribution in [0.15, 0.2) is 72.8 Å². The minimum absolute atomic E-state index is 0.430. The molecular weight excluding hydrogens is 441 g/mol. The molecule has 162 valence electrons. The monoisotopic (exact) mass is 463 g/mol. The number of benzene rings is 4. The van der Waals surface area contributed by atoms with Gasteiger partial charge in [-0.1, -0.05) is 60.7 Å². The number of carbonyl (C=O) groups is 1. The van der Waals surface area contributed by atoms with E-state index in [9.17, 15) is 4.79 Å². The lowest BCUT2D eigenvalue weighted by molar-refractivity contribution is -0.142. The van der Waals surface area contributed by atoms with Crippen LogP contribution in [-0.2, 0) is 27.8 Å². The van der Waals surface area contributed by atoms with Crippen LogP contribution in [0.2, 0.25) is 0 Å². The third-order valence-electron chi connectivity index (χ3n) is 5.69. The molecule has 0 fully saturated rings. The van der Waals surface area contributed by atoms with E-state index in [1.54, 1.807) is 6.92 Å². The van der Waals surface area contributed by atoms with Gasteiger partial charge in [-0.2, -0.15) is 0 Å². The Morgan fingerprint density at radius 1 is 0.906 bits per heavy atom. The Balaban J connectivity index is 1.74. The lowest BCUT2D eigenvalue weighted by atomic mass is 9.93. The van der Waals surface area contributed by atoms with Crippen molar-refractivity contribution in [1.82, 2.24) is 5.09 Å². The van der Waals surface area contributed by atoms with Crippen LogP contribution in [0.3, 0.4) is 0 Å². The first-order valence-corrected chi connectivity index (χ1v) is 13.0. The zero-order chi connectivity index (χ0) is 22.3. The number of hydrogen-bond acceptors (Lipinski definition) is 5. The molecule has 5 nitrogen and oxygen atoms in total. The van der Waals surface area contributed by atoms with Crippen LogP contribution >= 0.6 is 6.64 Å².